The molecule has 0 radical (unpaired) electrons. The first kappa shape index (κ1) is 51.7. The first-order valence-corrected chi connectivity index (χ1v) is 30.3. The molecule has 15 aromatic rings. The van der Waals surface area contributed by atoms with Gasteiger partial charge in [0.05, 0.1) is 11.0 Å². The van der Waals surface area contributed by atoms with Crippen molar-refractivity contribution in [3.63, 3.8) is 0 Å². The van der Waals surface area contributed by atoms with E-state index in [-0.39, 0.29) is 5.41 Å². The molecule has 0 unspecified atom stereocenters. The summed E-state index contributed by atoms with van der Waals surface area (Å²) in [5.74, 6) is 0.903. The lowest BCUT2D eigenvalue weighted by atomic mass is 9.81. The summed E-state index contributed by atoms with van der Waals surface area (Å²) in [6.45, 7) is 4.74. The molecule has 1 aromatic heterocycles. The molecule has 0 aliphatic heterocycles. The molecule has 0 saturated carbocycles. The van der Waals surface area contributed by atoms with Crippen molar-refractivity contribution in [3.05, 3.63) is 338 Å². The molecular weight excluding hydrogens is 1050 g/mol. The highest BCUT2D eigenvalue weighted by Gasteiger charge is 2.35. The molecule has 0 bridgehead atoms. The largest absolute Gasteiger partial charge is 0.292 e. The van der Waals surface area contributed by atoms with Crippen LogP contribution in [0.4, 0.5) is 0 Å². The number of imidazole rings is 1. The van der Waals surface area contributed by atoms with E-state index >= 15 is 0 Å². The third kappa shape index (κ3) is 9.44. The van der Waals surface area contributed by atoms with Crippen molar-refractivity contribution in [1.82, 2.24) is 9.55 Å². The maximum Gasteiger partial charge on any atom is 0.145 e. The number of hydrogen-bond donors (Lipinski definition) is 0. The Morgan fingerprint density at radius 3 is 1.30 bits per heavy atom. The fourth-order valence-electron chi connectivity index (χ4n) is 13.7. The number of fused-ring (bicyclic) bond motifs is 7. The number of nitrogens with zero attached hydrogens (tertiary/aromatic N) is 2. The molecule has 0 N–H and O–H groups in total. The Bertz CT molecular complexity index is 4850. The molecule has 0 saturated heterocycles. The van der Waals surface area contributed by atoms with Crippen LogP contribution in [0.15, 0.2) is 315 Å². The van der Waals surface area contributed by atoms with Crippen molar-refractivity contribution in [2.24, 2.45) is 0 Å². The van der Waals surface area contributed by atoms with Crippen molar-refractivity contribution in [1.29, 1.82) is 0 Å². The van der Waals surface area contributed by atoms with Crippen molar-refractivity contribution in [2.45, 2.75) is 25.7 Å². The average molecular weight is 1110 g/mol. The Kier molecular flexibility index (Phi) is 12.7. The normalized spacial score (nSPS) is 12.4. The van der Waals surface area contributed by atoms with Crippen molar-refractivity contribution < 1.29 is 0 Å². The molecular formula is C85H60N2. The summed E-state index contributed by atoms with van der Waals surface area (Å²) in [5.41, 5.74) is 28.4. The molecule has 0 fully saturated rings. The van der Waals surface area contributed by atoms with Crippen LogP contribution in [0.2, 0.25) is 0 Å². The molecule has 0 amide bonds. The summed E-state index contributed by atoms with van der Waals surface area (Å²) in [6.07, 6.45) is 0.811. The van der Waals surface area contributed by atoms with E-state index in [4.69, 9.17) is 4.98 Å². The Balaban J connectivity index is 0.814. The molecule has 0 atom stereocenters. The van der Waals surface area contributed by atoms with Gasteiger partial charge in [0.2, 0.25) is 0 Å². The number of benzene rings is 14. The second-order valence-electron chi connectivity index (χ2n) is 23.9. The monoisotopic (exact) mass is 1110 g/mol. The van der Waals surface area contributed by atoms with Crippen LogP contribution in [0, 0.1) is 0 Å². The van der Waals surface area contributed by atoms with E-state index in [2.05, 4.69) is 334 Å². The van der Waals surface area contributed by atoms with Crippen LogP contribution in [0.5, 0.6) is 0 Å². The quantitative estimate of drug-likeness (QED) is 0.118. The summed E-state index contributed by atoms with van der Waals surface area (Å²) < 4.78 is 2.35. The highest BCUT2D eigenvalue weighted by Crippen LogP contribution is 2.51. The van der Waals surface area contributed by atoms with Crippen molar-refractivity contribution in [3.8, 4) is 106 Å². The lowest BCUT2D eigenvalue weighted by Crippen LogP contribution is -2.14. The Morgan fingerprint density at radius 2 is 0.747 bits per heavy atom. The van der Waals surface area contributed by atoms with Gasteiger partial charge in [0.25, 0.3) is 0 Å². The van der Waals surface area contributed by atoms with Gasteiger partial charge in [-0.25, -0.2) is 4.98 Å². The van der Waals surface area contributed by atoms with Gasteiger partial charge in [-0.2, -0.15) is 0 Å². The van der Waals surface area contributed by atoms with Gasteiger partial charge in [-0.05, 0) is 230 Å². The van der Waals surface area contributed by atoms with Gasteiger partial charge in [-0.1, -0.05) is 238 Å². The van der Waals surface area contributed by atoms with Gasteiger partial charge in [0, 0.05) is 16.7 Å². The van der Waals surface area contributed by atoms with Crippen LogP contribution in [-0.4, -0.2) is 9.55 Å². The van der Waals surface area contributed by atoms with E-state index in [9.17, 15) is 0 Å². The van der Waals surface area contributed by atoms with Gasteiger partial charge >= 0.3 is 0 Å². The zero-order chi connectivity index (χ0) is 58.0. The van der Waals surface area contributed by atoms with Crippen LogP contribution in [0.1, 0.15) is 36.1 Å². The van der Waals surface area contributed by atoms with Crippen molar-refractivity contribution in [2.75, 3.05) is 0 Å². The van der Waals surface area contributed by atoms with E-state index in [1.165, 1.54) is 99.4 Å². The summed E-state index contributed by atoms with van der Waals surface area (Å²) in [5, 5.41) is 5.20. The van der Waals surface area contributed by atoms with Gasteiger partial charge in [0.15, 0.2) is 0 Å². The molecule has 2 nitrogen and oxygen atoms in total. The Hall–Kier alpha value is -10.9. The fraction of sp³-hybridized carbons (Fsp3) is 0.0471. The highest BCUT2D eigenvalue weighted by atomic mass is 15.1. The van der Waals surface area contributed by atoms with Crippen LogP contribution >= 0.6 is 0 Å². The van der Waals surface area contributed by atoms with E-state index in [1.54, 1.807) is 0 Å². The lowest BCUT2D eigenvalue weighted by molar-refractivity contribution is 0.661. The highest BCUT2D eigenvalue weighted by molar-refractivity contribution is 6.11. The van der Waals surface area contributed by atoms with E-state index < -0.39 is 0 Å². The van der Waals surface area contributed by atoms with E-state index in [0.29, 0.717) is 0 Å². The number of aromatic nitrogens is 2. The molecule has 16 rings (SSSR count). The average Bonchev–Trinajstić information content (AvgIpc) is 2.25. The maximum atomic E-state index is 5.41. The third-order valence-corrected chi connectivity index (χ3v) is 18.1. The first-order valence-electron chi connectivity index (χ1n) is 30.3. The third-order valence-electron chi connectivity index (χ3n) is 18.1. The topological polar surface area (TPSA) is 17.8 Å². The minimum atomic E-state index is -0.0676. The predicted octanol–water partition coefficient (Wildman–Crippen LogP) is 22.6. The predicted molar refractivity (Wildman–Crippen MR) is 366 cm³/mol. The SMILES string of the molecule is CC1(C)c2ccccc2-c2cc3c(cc21)cc(Cc1ccc(-c2nc4ccccc4n2-c2cccc(-c4cc(-c5cc(-c6ccccc6)cc(-c6ccccc6)c5)cc(-c5cc(-c6ccccc6)cc(-c6ccccc6)c5)c4)c2)cc1)c1ccccc13. The van der Waals surface area contributed by atoms with Gasteiger partial charge in [0.1, 0.15) is 5.82 Å². The first-order chi connectivity index (χ1) is 42.8. The number of para-hydroxylation sites is 2. The second-order valence-corrected chi connectivity index (χ2v) is 23.9. The maximum absolute atomic E-state index is 5.41. The molecule has 87 heavy (non-hydrogen) atoms. The van der Waals surface area contributed by atoms with Gasteiger partial charge < -0.3 is 0 Å². The summed E-state index contributed by atoms with van der Waals surface area (Å²) >= 11 is 0. The Labute approximate surface area is 508 Å². The zero-order valence-corrected chi connectivity index (χ0v) is 48.6. The lowest BCUT2D eigenvalue weighted by Gasteiger charge is -2.22. The molecule has 410 valence electrons. The summed E-state index contributed by atoms with van der Waals surface area (Å²) in [7, 11) is 0. The van der Waals surface area contributed by atoms with Gasteiger partial charge in [-0.3, -0.25) is 4.57 Å². The second kappa shape index (κ2) is 21.3. The van der Waals surface area contributed by atoms with Crippen LogP contribution in [0.25, 0.3) is 139 Å². The molecule has 2 heteroatoms. The van der Waals surface area contributed by atoms with Crippen molar-refractivity contribution >= 4 is 32.6 Å². The molecule has 14 aromatic carbocycles. The standard InChI is InChI=1S/C85H60N2/c1-85(2)80-35-18-17-34-77(80)79-55-78-73(54-81(79)85)52-72(75-32-15-16-33-76(75)78)42-56-38-40-61(41-39-56)84-86-82-36-19-20-37-83(82)87(84)74-31-21-30-62(53-74)67-49-70(68-45-63(57-22-7-3-8-23-57)43-64(46-68)58-24-9-4-10-25-58)51-71(50-67)69-47-65(59-26-11-5-12-27-59)44-66(48-69)60-28-13-6-14-29-60/h3-41,43-55H,42H2,1-2H3. The fourth-order valence-corrected chi connectivity index (χ4v) is 13.7. The summed E-state index contributed by atoms with van der Waals surface area (Å²) in [4.78, 5) is 5.41. The molecule has 1 aliphatic carbocycles. The molecule has 1 aliphatic rings. The van der Waals surface area contributed by atoms with Crippen LogP contribution < -0.4 is 0 Å². The minimum Gasteiger partial charge on any atom is -0.292 e. The number of hydrogen-bond acceptors (Lipinski definition) is 1. The summed E-state index contributed by atoms with van der Waals surface area (Å²) in [6, 6.07) is 116. The van der Waals surface area contributed by atoms with Crippen LogP contribution in [0.3, 0.4) is 0 Å². The van der Waals surface area contributed by atoms with Crippen LogP contribution in [-0.2, 0) is 11.8 Å². The zero-order valence-electron chi connectivity index (χ0n) is 48.6. The molecule has 0 spiro atoms. The van der Waals surface area contributed by atoms with E-state index in [0.717, 1.165) is 67.9 Å². The smallest absolute Gasteiger partial charge is 0.145 e. The van der Waals surface area contributed by atoms with Gasteiger partial charge in [-0.15, -0.1) is 0 Å². The van der Waals surface area contributed by atoms with E-state index in [1.807, 2.05) is 0 Å². The molecule has 1 heterocycles. The number of rotatable bonds is 11. The minimum absolute atomic E-state index is 0.0676. The Morgan fingerprint density at radius 1 is 0.299 bits per heavy atom.